The third-order valence-corrected chi connectivity index (χ3v) is 3.95. The molecule has 3 aromatic rings. The predicted octanol–water partition coefficient (Wildman–Crippen LogP) is 3.26. The van der Waals surface area contributed by atoms with Gasteiger partial charge < -0.3 is 4.57 Å². The SMILES string of the molecule is Cc1ncc2c(n1)nc(-c1cc(C)c(C)c(C)c1)n2C. The van der Waals surface area contributed by atoms with E-state index in [1.54, 1.807) is 0 Å². The van der Waals surface area contributed by atoms with Gasteiger partial charge >= 0.3 is 0 Å². The number of benzene rings is 1. The molecule has 0 atom stereocenters. The van der Waals surface area contributed by atoms with Gasteiger partial charge in [0.1, 0.15) is 17.2 Å². The molecular weight excluding hydrogens is 248 g/mol. The van der Waals surface area contributed by atoms with Crippen LogP contribution in [0.2, 0.25) is 0 Å². The van der Waals surface area contributed by atoms with Crippen LogP contribution in [0.4, 0.5) is 0 Å². The molecule has 102 valence electrons. The van der Waals surface area contributed by atoms with Crippen LogP contribution in [0, 0.1) is 27.7 Å². The summed E-state index contributed by atoms with van der Waals surface area (Å²) < 4.78 is 2.05. The van der Waals surface area contributed by atoms with Crippen LogP contribution in [0.3, 0.4) is 0 Å². The van der Waals surface area contributed by atoms with Crippen LogP contribution in [0.5, 0.6) is 0 Å². The molecule has 0 bridgehead atoms. The van der Waals surface area contributed by atoms with Gasteiger partial charge in [0, 0.05) is 12.6 Å². The monoisotopic (exact) mass is 266 g/mol. The molecule has 0 aliphatic rings. The van der Waals surface area contributed by atoms with Crippen molar-refractivity contribution in [1.82, 2.24) is 19.5 Å². The molecule has 0 N–H and O–H groups in total. The molecule has 0 amide bonds. The van der Waals surface area contributed by atoms with Crippen molar-refractivity contribution in [2.24, 2.45) is 7.05 Å². The molecule has 20 heavy (non-hydrogen) atoms. The molecule has 0 saturated carbocycles. The summed E-state index contributed by atoms with van der Waals surface area (Å²) in [5, 5.41) is 0. The Bertz CT molecular complexity index is 792. The van der Waals surface area contributed by atoms with Crippen LogP contribution >= 0.6 is 0 Å². The zero-order valence-electron chi connectivity index (χ0n) is 12.5. The number of aromatic nitrogens is 4. The van der Waals surface area contributed by atoms with E-state index in [4.69, 9.17) is 0 Å². The number of aryl methyl sites for hydroxylation is 4. The van der Waals surface area contributed by atoms with E-state index in [1.807, 2.05) is 20.2 Å². The van der Waals surface area contributed by atoms with E-state index in [1.165, 1.54) is 16.7 Å². The van der Waals surface area contributed by atoms with Crippen LogP contribution in [0.15, 0.2) is 18.3 Å². The maximum atomic E-state index is 4.67. The van der Waals surface area contributed by atoms with Crippen LogP contribution in [-0.2, 0) is 7.05 Å². The standard InChI is InChI=1S/C16H18N4/c1-9-6-13(7-10(2)11(9)3)16-19-15-14(20(16)5)8-17-12(4)18-15/h6-8H,1-5H3. The van der Waals surface area contributed by atoms with Gasteiger partial charge in [0.15, 0.2) is 5.65 Å². The summed E-state index contributed by atoms with van der Waals surface area (Å²) in [6.07, 6.45) is 1.84. The highest BCUT2D eigenvalue weighted by Crippen LogP contribution is 2.26. The Hall–Kier alpha value is -2.23. The third kappa shape index (κ3) is 1.88. The Balaban J connectivity index is 2.27. The average molecular weight is 266 g/mol. The van der Waals surface area contributed by atoms with Gasteiger partial charge in [-0.3, -0.25) is 0 Å². The minimum atomic E-state index is 0.749. The first-order valence-corrected chi connectivity index (χ1v) is 6.71. The minimum absolute atomic E-state index is 0.749. The lowest BCUT2D eigenvalue weighted by Crippen LogP contribution is -1.95. The second kappa shape index (κ2) is 4.40. The maximum Gasteiger partial charge on any atom is 0.181 e. The molecule has 1 aromatic carbocycles. The van der Waals surface area contributed by atoms with Crippen molar-refractivity contribution >= 4 is 11.2 Å². The zero-order chi connectivity index (χ0) is 14.4. The zero-order valence-corrected chi connectivity index (χ0v) is 12.5. The fourth-order valence-corrected chi connectivity index (χ4v) is 2.48. The number of nitrogens with zero attached hydrogens (tertiary/aromatic N) is 4. The first kappa shape index (κ1) is 12.8. The van der Waals surface area contributed by atoms with Gasteiger partial charge in [-0.1, -0.05) is 0 Å². The molecule has 2 heterocycles. The van der Waals surface area contributed by atoms with Crippen molar-refractivity contribution in [1.29, 1.82) is 0 Å². The van der Waals surface area contributed by atoms with Gasteiger partial charge in [-0.25, -0.2) is 15.0 Å². The molecule has 0 fully saturated rings. The Morgan fingerprint density at radius 3 is 2.25 bits per heavy atom. The van der Waals surface area contributed by atoms with Gasteiger partial charge in [0.25, 0.3) is 0 Å². The topological polar surface area (TPSA) is 43.6 Å². The molecule has 0 aliphatic carbocycles. The lowest BCUT2D eigenvalue weighted by molar-refractivity contribution is 0.952. The number of hydrogen-bond acceptors (Lipinski definition) is 3. The van der Waals surface area contributed by atoms with Crippen molar-refractivity contribution in [2.75, 3.05) is 0 Å². The van der Waals surface area contributed by atoms with Gasteiger partial charge in [0.05, 0.1) is 6.20 Å². The van der Waals surface area contributed by atoms with Gasteiger partial charge in [-0.15, -0.1) is 0 Å². The van der Waals surface area contributed by atoms with E-state index in [0.29, 0.717) is 0 Å². The summed E-state index contributed by atoms with van der Waals surface area (Å²) in [5.74, 6) is 1.68. The second-order valence-electron chi connectivity index (χ2n) is 5.36. The normalized spacial score (nSPS) is 11.2. The first-order valence-electron chi connectivity index (χ1n) is 6.71. The molecule has 0 spiro atoms. The predicted molar refractivity (Wildman–Crippen MR) is 80.7 cm³/mol. The summed E-state index contributed by atoms with van der Waals surface area (Å²) >= 11 is 0. The van der Waals surface area contributed by atoms with E-state index in [9.17, 15) is 0 Å². The fourth-order valence-electron chi connectivity index (χ4n) is 2.48. The Kier molecular flexibility index (Phi) is 2.82. The van der Waals surface area contributed by atoms with E-state index in [-0.39, 0.29) is 0 Å². The molecule has 3 rings (SSSR count). The molecule has 2 aromatic heterocycles. The highest BCUT2D eigenvalue weighted by atomic mass is 15.1. The highest BCUT2D eigenvalue weighted by Gasteiger charge is 2.13. The molecule has 4 nitrogen and oxygen atoms in total. The number of rotatable bonds is 1. The van der Waals surface area contributed by atoms with Crippen LogP contribution < -0.4 is 0 Å². The van der Waals surface area contributed by atoms with Crippen molar-refractivity contribution in [2.45, 2.75) is 27.7 Å². The summed E-state index contributed by atoms with van der Waals surface area (Å²) in [4.78, 5) is 13.3. The fraction of sp³-hybridized carbons (Fsp3) is 0.312. The molecule has 0 radical (unpaired) electrons. The summed E-state index contributed by atoms with van der Waals surface area (Å²) in [6, 6.07) is 4.37. The molecule has 4 heteroatoms. The smallest absolute Gasteiger partial charge is 0.181 e. The van der Waals surface area contributed by atoms with Crippen LogP contribution in [0.1, 0.15) is 22.5 Å². The third-order valence-electron chi connectivity index (χ3n) is 3.95. The number of hydrogen-bond donors (Lipinski definition) is 0. The maximum absolute atomic E-state index is 4.67. The highest BCUT2D eigenvalue weighted by molar-refractivity contribution is 5.77. The summed E-state index contributed by atoms with van der Waals surface area (Å²) in [7, 11) is 2.01. The second-order valence-corrected chi connectivity index (χ2v) is 5.36. The van der Waals surface area contributed by atoms with Crippen LogP contribution in [0.25, 0.3) is 22.6 Å². The summed E-state index contributed by atoms with van der Waals surface area (Å²) in [5.41, 5.74) is 6.75. The Morgan fingerprint density at radius 1 is 0.950 bits per heavy atom. The molecule has 0 aliphatic heterocycles. The van der Waals surface area contributed by atoms with Crippen molar-refractivity contribution in [3.63, 3.8) is 0 Å². The molecular formula is C16H18N4. The molecule has 0 unspecified atom stereocenters. The van der Waals surface area contributed by atoms with Gasteiger partial charge in [-0.05, 0) is 56.5 Å². The van der Waals surface area contributed by atoms with E-state index < -0.39 is 0 Å². The van der Waals surface area contributed by atoms with Gasteiger partial charge in [0.2, 0.25) is 0 Å². The lowest BCUT2D eigenvalue weighted by Gasteiger charge is -2.09. The minimum Gasteiger partial charge on any atom is -0.324 e. The number of imidazole rings is 1. The van der Waals surface area contributed by atoms with Crippen molar-refractivity contribution in [3.05, 3.63) is 40.8 Å². The van der Waals surface area contributed by atoms with E-state index in [2.05, 4.69) is 52.4 Å². The van der Waals surface area contributed by atoms with Crippen molar-refractivity contribution < 1.29 is 0 Å². The first-order chi connectivity index (χ1) is 9.47. The Labute approximate surface area is 118 Å². The summed E-state index contributed by atoms with van der Waals surface area (Å²) in [6.45, 7) is 8.31. The largest absolute Gasteiger partial charge is 0.324 e. The molecule has 0 saturated heterocycles. The van der Waals surface area contributed by atoms with Crippen molar-refractivity contribution in [3.8, 4) is 11.4 Å². The quantitative estimate of drug-likeness (QED) is 0.679. The Morgan fingerprint density at radius 2 is 1.60 bits per heavy atom. The van der Waals surface area contributed by atoms with E-state index >= 15 is 0 Å². The van der Waals surface area contributed by atoms with E-state index in [0.717, 1.165) is 28.4 Å². The van der Waals surface area contributed by atoms with Gasteiger partial charge in [-0.2, -0.15) is 0 Å². The number of fused-ring (bicyclic) bond motifs is 1. The lowest BCUT2D eigenvalue weighted by atomic mass is 10.0. The average Bonchev–Trinajstić information content (AvgIpc) is 2.72. The van der Waals surface area contributed by atoms with Crippen LogP contribution in [-0.4, -0.2) is 19.5 Å².